The molecular formula is C22H22ClN3O3S. The average molecular weight is 444 g/mol. The lowest BCUT2D eigenvalue weighted by atomic mass is 10.2. The third kappa shape index (κ3) is 4.75. The van der Waals surface area contributed by atoms with Crippen molar-refractivity contribution in [3.63, 3.8) is 0 Å². The molecule has 156 valence electrons. The zero-order valence-corrected chi connectivity index (χ0v) is 18.5. The van der Waals surface area contributed by atoms with Gasteiger partial charge < -0.3 is 14.2 Å². The molecule has 0 fully saturated rings. The highest BCUT2D eigenvalue weighted by molar-refractivity contribution is 7.07. The Morgan fingerprint density at radius 2 is 1.70 bits per heavy atom. The van der Waals surface area contributed by atoms with Crippen LogP contribution in [0, 0.1) is 0 Å². The van der Waals surface area contributed by atoms with Crippen LogP contribution in [0.3, 0.4) is 0 Å². The Kier molecular flexibility index (Phi) is 7.32. The van der Waals surface area contributed by atoms with Gasteiger partial charge in [0.2, 0.25) is 4.80 Å². The summed E-state index contributed by atoms with van der Waals surface area (Å²) in [6.07, 6.45) is 3.45. The van der Waals surface area contributed by atoms with E-state index in [1.165, 1.54) is 11.3 Å². The summed E-state index contributed by atoms with van der Waals surface area (Å²) < 4.78 is 18.0. The Hall–Kier alpha value is -3.03. The molecule has 0 saturated carbocycles. The van der Waals surface area contributed by atoms with E-state index in [-0.39, 0.29) is 0 Å². The molecule has 1 aromatic heterocycles. The molecule has 0 saturated heterocycles. The van der Waals surface area contributed by atoms with E-state index in [9.17, 15) is 0 Å². The lowest BCUT2D eigenvalue weighted by molar-refractivity contribution is 0.349. The smallest absolute Gasteiger partial charge is 0.206 e. The monoisotopic (exact) mass is 443 g/mol. The zero-order chi connectivity index (χ0) is 21.5. The van der Waals surface area contributed by atoms with Gasteiger partial charge in [-0.3, -0.25) is 4.99 Å². The van der Waals surface area contributed by atoms with Gasteiger partial charge in [0.1, 0.15) is 5.75 Å². The molecule has 0 aliphatic rings. The summed E-state index contributed by atoms with van der Waals surface area (Å²) in [7, 11) is 4.77. The van der Waals surface area contributed by atoms with E-state index in [1.807, 2.05) is 35.7 Å². The third-order valence-corrected chi connectivity index (χ3v) is 5.34. The number of aromatic nitrogens is 1. The minimum absolute atomic E-state index is 0.496. The maximum absolute atomic E-state index is 6.04. The van der Waals surface area contributed by atoms with Gasteiger partial charge in [0.15, 0.2) is 11.5 Å². The van der Waals surface area contributed by atoms with Crippen LogP contribution in [0.5, 0.6) is 17.2 Å². The maximum atomic E-state index is 6.04. The van der Waals surface area contributed by atoms with Crippen molar-refractivity contribution in [3.8, 4) is 28.5 Å². The highest BCUT2D eigenvalue weighted by Crippen LogP contribution is 2.34. The lowest BCUT2D eigenvalue weighted by Crippen LogP contribution is -2.12. The zero-order valence-electron chi connectivity index (χ0n) is 17.0. The van der Waals surface area contributed by atoms with Crippen LogP contribution in [-0.2, 0) is 0 Å². The molecule has 0 aliphatic carbocycles. The van der Waals surface area contributed by atoms with Crippen molar-refractivity contribution >= 4 is 29.2 Å². The number of methoxy groups -OCH3 is 3. The summed E-state index contributed by atoms with van der Waals surface area (Å²) in [4.78, 5) is 5.30. The fourth-order valence-electron chi connectivity index (χ4n) is 2.75. The van der Waals surface area contributed by atoms with Gasteiger partial charge in [0.25, 0.3) is 0 Å². The molecule has 0 spiro atoms. The number of halogens is 1. The van der Waals surface area contributed by atoms with Crippen molar-refractivity contribution in [3.05, 3.63) is 69.8 Å². The van der Waals surface area contributed by atoms with Gasteiger partial charge in [-0.1, -0.05) is 29.8 Å². The Bertz CT molecular complexity index is 1120. The van der Waals surface area contributed by atoms with Gasteiger partial charge in [0, 0.05) is 27.6 Å². The molecule has 1 heterocycles. The highest BCUT2D eigenvalue weighted by Gasteiger charge is 2.12. The van der Waals surface area contributed by atoms with E-state index in [0.29, 0.717) is 28.8 Å². The predicted molar refractivity (Wildman–Crippen MR) is 122 cm³/mol. The summed E-state index contributed by atoms with van der Waals surface area (Å²) in [6.45, 7) is 4.23. The van der Waals surface area contributed by atoms with Crippen molar-refractivity contribution in [1.29, 1.82) is 0 Å². The van der Waals surface area contributed by atoms with Crippen molar-refractivity contribution in [1.82, 2.24) is 4.68 Å². The SMILES string of the molecule is C=CCN=c1scc(-c2ccc(Cl)cc2)n1N=Cc1cc(OC)c(OC)cc1OC. The number of hydrogen-bond donors (Lipinski definition) is 0. The molecule has 3 rings (SSSR count). The molecule has 3 aromatic rings. The summed E-state index contributed by atoms with van der Waals surface area (Å²) >= 11 is 7.54. The van der Waals surface area contributed by atoms with E-state index in [4.69, 9.17) is 30.9 Å². The van der Waals surface area contributed by atoms with Gasteiger partial charge in [-0.15, -0.1) is 17.9 Å². The Morgan fingerprint density at radius 3 is 2.33 bits per heavy atom. The van der Waals surface area contributed by atoms with E-state index >= 15 is 0 Å². The van der Waals surface area contributed by atoms with Crippen LogP contribution in [0.4, 0.5) is 0 Å². The van der Waals surface area contributed by atoms with Crippen molar-refractivity contribution in [2.24, 2.45) is 10.1 Å². The normalized spacial score (nSPS) is 11.7. The molecular weight excluding hydrogens is 422 g/mol. The van der Waals surface area contributed by atoms with Crippen LogP contribution in [0.1, 0.15) is 5.56 Å². The van der Waals surface area contributed by atoms with Gasteiger partial charge in [-0.2, -0.15) is 5.10 Å². The topological polar surface area (TPSA) is 57.3 Å². The first-order chi connectivity index (χ1) is 14.6. The number of rotatable bonds is 8. The fourth-order valence-corrected chi connectivity index (χ4v) is 3.73. The van der Waals surface area contributed by atoms with E-state index in [2.05, 4.69) is 11.6 Å². The highest BCUT2D eigenvalue weighted by atomic mass is 35.5. The van der Waals surface area contributed by atoms with Crippen LogP contribution >= 0.6 is 22.9 Å². The molecule has 2 aromatic carbocycles. The van der Waals surface area contributed by atoms with Gasteiger partial charge in [0.05, 0.1) is 39.8 Å². The van der Waals surface area contributed by atoms with Crippen molar-refractivity contribution < 1.29 is 14.2 Å². The fraction of sp³-hybridized carbons (Fsp3) is 0.182. The van der Waals surface area contributed by atoms with E-state index in [1.54, 1.807) is 44.4 Å². The molecule has 0 N–H and O–H groups in total. The predicted octanol–water partition coefficient (Wildman–Crippen LogP) is 4.86. The molecule has 0 radical (unpaired) electrons. The van der Waals surface area contributed by atoms with Crippen LogP contribution in [0.2, 0.25) is 5.02 Å². The van der Waals surface area contributed by atoms with Crippen LogP contribution in [-0.4, -0.2) is 38.8 Å². The number of nitrogens with zero attached hydrogens (tertiary/aromatic N) is 3. The van der Waals surface area contributed by atoms with E-state index in [0.717, 1.165) is 21.6 Å². The maximum Gasteiger partial charge on any atom is 0.206 e. The first-order valence-electron chi connectivity index (χ1n) is 9.03. The molecule has 0 atom stereocenters. The number of thiazole rings is 1. The summed E-state index contributed by atoms with van der Waals surface area (Å²) in [5, 5.41) is 7.38. The number of benzene rings is 2. The molecule has 0 amide bonds. The Morgan fingerprint density at radius 1 is 1.03 bits per heavy atom. The average Bonchev–Trinajstić information content (AvgIpc) is 3.18. The Balaban J connectivity index is 2.11. The van der Waals surface area contributed by atoms with Crippen LogP contribution in [0.15, 0.2) is 64.5 Å². The number of ether oxygens (including phenoxy) is 3. The molecule has 0 unspecified atom stereocenters. The second-order valence-corrected chi connectivity index (χ2v) is 7.32. The first-order valence-corrected chi connectivity index (χ1v) is 10.3. The van der Waals surface area contributed by atoms with Crippen LogP contribution in [0.25, 0.3) is 11.3 Å². The molecule has 6 nitrogen and oxygen atoms in total. The second kappa shape index (κ2) is 10.1. The molecule has 0 aliphatic heterocycles. The largest absolute Gasteiger partial charge is 0.496 e. The first kappa shape index (κ1) is 21.7. The quantitative estimate of drug-likeness (QED) is 0.369. The Labute approximate surface area is 184 Å². The van der Waals surface area contributed by atoms with Crippen molar-refractivity contribution in [2.45, 2.75) is 0 Å². The van der Waals surface area contributed by atoms with Gasteiger partial charge >= 0.3 is 0 Å². The number of hydrogen-bond acceptors (Lipinski definition) is 6. The minimum Gasteiger partial charge on any atom is -0.496 e. The van der Waals surface area contributed by atoms with Crippen LogP contribution < -0.4 is 19.0 Å². The molecule has 0 bridgehead atoms. The van der Waals surface area contributed by atoms with Gasteiger partial charge in [-0.25, -0.2) is 4.68 Å². The summed E-state index contributed by atoms with van der Waals surface area (Å²) in [6, 6.07) is 11.2. The van der Waals surface area contributed by atoms with Gasteiger partial charge in [-0.05, 0) is 18.2 Å². The summed E-state index contributed by atoms with van der Waals surface area (Å²) in [5.41, 5.74) is 2.62. The lowest BCUT2D eigenvalue weighted by Gasteiger charge is -2.12. The second-order valence-electron chi connectivity index (χ2n) is 6.05. The third-order valence-electron chi connectivity index (χ3n) is 4.23. The molecule has 8 heteroatoms. The summed E-state index contributed by atoms with van der Waals surface area (Å²) in [5.74, 6) is 1.78. The van der Waals surface area contributed by atoms with E-state index < -0.39 is 0 Å². The minimum atomic E-state index is 0.496. The molecule has 30 heavy (non-hydrogen) atoms. The standard InChI is InChI=1S/C22H22ClN3O3S/c1-5-10-24-22-26(18(14-30-22)15-6-8-17(23)9-7-15)25-13-16-11-20(28-3)21(29-4)12-19(16)27-2/h5-9,11-14H,1,10H2,2-4H3. The van der Waals surface area contributed by atoms with Crippen molar-refractivity contribution in [2.75, 3.05) is 27.9 Å².